The van der Waals surface area contributed by atoms with Crippen LogP contribution in [0.15, 0.2) is 24.3 Å². The van der Waals surface area contributed by atoms with Gasteiger partial charge in [0.1, 0.15) is 6.61 Å². The number of nitrogens with zero attached hydrogens (tertiary/aromatic N) is 2. The molecule has 136 valence electrons. The van der Waals surface area contributed by atoms with Crippen LogP contribution in [-0.4, -0.2) is 54.1 Å². The fourth-order valence-corrected chi connectivity index (χ4v) is 3.23. The van der Waals surface area contributed by atoms with Gasteiger partial charge in [-0.1, -0.05) is 12.1 Å². The molecule has 0 aromatic heterocycles. The molecule has 1 atom stereocenters. The molecule has 2 fully saturated rings. The summed E-state index contributed by atoms with van der Waals surface area (Å²) in [5.41, 5.74) is 0.00248. The third-order valence-electron chi connectivity index (χ3n) is 4.66. The normalized spacial score (nSPS) is 20.9. The predicted octanol–water partition coefficient (Wildman–Crippen LogP) is 2.69. The van der Waals surface area contributed by atoms with Crippen LogP contribution in [0.2, 0.25) is 0 Å². The molecule has 1 aromatic rings. The first-order valence-electron chi connectivity index (χ1n) is 8.22. The lowest BCUT2D eigenvalue weighted by Crippen LogP contribution is -2.39. The molecule has 0 radical (unpaired) electrons. The summed E-state index contributed by atoms with van der Waals surface area (Å²) in [5, 5.41) is 0. The highest BCUT2D eigenvalue weighted by molar-refractivity contribution is 5.77. The quantitative estimate of drug-likeness (QED) is 0.834. The van der Waals surface area contributed by atoms with Crippen LogP contribution in [0.1, 0.15) is 24.0 Å². The van der Waals surface area contributed by atoms with Crippen molar-refractivity contribution < 1.29 is 27.5 Å². The summed E-state index contributed by atoms with van der Waals surface area (Å²) in [7, 11) is 0. The number of cyclic esters (lactones) is 1. The van der Waals surface area contributed by atoms with Gasteiger partial charge in [0.25, 0.3) is 0 Å². The van der Waals surface area contributed by atoms with Gasteiger partial charge in [-0.3, -0.25) is 9.69 Å². The number of carbonyl (C=O) groups is 2. The van der Waals surface area contributed by atoms with E-state index in [9.17, 15) is 22.8 Å². The molecule has 0 aliphatic carbocycles. The molecule has 25 heavy (non-hydrogen) atoms. The van der Waals surface area contributed by atoms with Gasteiger partial charge >= 0.3 is 12.3 Å². The van der Waals surface area contributed by atoms with Gasteiger partial charge in [-0.15, -0.1) is 0 Å². The molecule has 1 unspecified atom stereocenters. The molecule has 2 heterocycles. The minimum absolute atomic E-state index is 0.00924. The van der Waals surface area contributed by atoms with E-state index in [0.717, 1.165) is 18.6 Å². The van der Waals surface area contributed by atoms with Gasteiger partial charge < -0.3 is 9.64 Å². The summed E-state index contributed by atoms with van der Waals surface area (Å²) < 4.78 is 42.5. The number of rotatable bonds is 4. The number of amides is 2. The zero-order valence-electron chi connectivity index (χ0n) is 13.6. The highest BCUT2D eigenvalue weighted by Gasteiger charge is 2.36. The van der Waals surface area contributed by atoms with E-state index in [2.05, 4.69) is 0 Å². The number of likely N-dealkylation sites (tertiary alicyclic amines) is 1. The number of hydrogen-bond acceptors (Lipinski definition) is 3. The van der Waals surface area contributed by atoms with Crippen LogP contribution in [0.4, 0.5) is 18.0 Å². The molecule has 0 saturated carbocycles. The first-order chi connectivity index (χ1) is 11.8. The first kappa shape index (κ1) is 17.6. The van der Waals surface area contributed by atoms with Crippen molar-refractivity contribution in [2.75, 3.05) is 26.2 Å². The summed E-state index contributed by atoms with van der Waals surface area (Å²) in [6.45, 7) is 2.01. The SMILES string of the molecule is O=C(CCc1ccc(C(F)(F)F)cc1)N1CCC(N2CCOC2=O)C1. The van der Waals surface area contributed by atoms with Gasteiger partial charge in [-0.05, 0) is 30.5 Å². The molecular weight excluding hydrogens is 337 g/mol. The van der Waals surface area contributed by atoms with Gasteiger partial charge in [0.2, 0.25) is 5.91 Å². The minimum atomic E-state index is -4.35. The average Bonchev–Trinajstić information content (AvgIpc) is 3.20. The highest BCUT2D eigenvalue weighted by atomic mass is 19.4. The smallest absolute Gasteiger partial charge is 0.416 e. The van der Waals surface area contributed by atoms with E-state index in [1.165, 1.54) is 12.1 Å². The van der Waals surface area contributed by atoms with E-state index >= 15 is 0 Å². The van der Waals surface area contributed by atoms with Crippen LogP contribution in [0.5, 0.6) is 0 Å². The second-order valence-corrected chi connectivity index (χ2v) is 6.28. The Bertz CT molecular complexity index is 646. The molecule has 3 rings (SSSR count). The summed E-state index contributed by atoms with van der Waals surface area (Å²) in [5.74, 6) is -0.0463. The van der Waals surface area contributed by atoms with E-state index < -0.39 is 11.7 Å². The molecule has 0 N–H and O–H groups in total. The van der Waals surface area contributed by atoms with Gasteiger partial charge in [0.15, 0.2) is 0 Å². The Hall–Kier alpha value is -2.25. The fourth-order valence-electron chi connectivity index (χ4n) is 3.23. The largest absolute Gasteiger partial charge is 0.448 e. The van der Waals surface area contributed by atoms with Crippen molar-refractivity contribution in [1.82, 2.24) is 9.80 Å². The number of carbonyl (C=O) groups excluding carboxylic acids is 2. The average molecular weight is 356 g/mol. The van der Waals surface area contributed by atoms with Crippen molar-refractivity contribution in [3.8, 4) is 0 Å². The van der Waals surface area contributed by atoms with Crippen LogP contribution in [-0.2, 0) is 22.1 Å². The Morgan fingerprint density at radius 2 is 1.92 bits per heavy atom. The topological polar surface area (TPSA) is 49.9 Å². The fraction of sp³-hybridized carbons (Fsp3) is 0.529. The Balaban J connectivity index is 1.49. The Morgan fingerprint density at radius 3 is 2.52 bits per heavy atom. The van der Waals surface area contributed by atoms with Crippen molar-refractivity contribution in [3.05, 3.63) is 35.4 Å². The monoisotopic (exact) mass is 356 g/mol. The Labute approximate surface area is 143 Å². The second kappa shape index (κ2) is 6.93. The summed E-state index contributed by atoms with van der Waals surface area (Å²) in [4.78, 5) is 27.2. The number of alkyl halides is 3. The summed E-state index contributed by atoms with van der Waals surface area (Å²) in [6, 6.07) is 4.87. The zero-order valence-corrected chi connectivity index (χ0v) is 13.6. The van der Waals surface area contributed by atoms with Crippen LogP contribution < -0.4 is 0 Å². The maximum absolute atomic E-state index is 12.5. The van der Waals surface area contributed by atoms with Crippen LogP contribution in [0.3, 0.4) is 0 Å². The maximum Gasteiger partial charge on any atom is 0.416 e. The molecule has 2 aliphatic heterocycles. The van der Waals surface area contributed by atoms with Gasteiger partial charge in [0, 0.05) is 19.5 Å². The molecule has 5 nitrogen and oxygen atoms in total. The van der Waals surface area contributed by atoms with Crippen molar-refractivity contribution in [2.24, 2.45) is 0 Å². The summed E-state index contributed by atoms with van der Waals surface area (Å²) >= 11 is 0. The third-order valence-corrected chi connectivity index (χ3v) is 4.66. The first-order valence-corrected chi connectivity index (χ1v) is 8.22. The van der Waals surface area contributed by atoms with Gasteiger partial charge in [0.05, 0.1) is 18.2 Å². The zero-order chi connectivity index (χ0) is 18.0. The number of benzene rings is 1. The molecule has 0 spiro atoms. The van der Waals surface area contributed by atoms with Gasteiger partial charge in [-0.25, -0.2) is 4.79 Å². The van der Waals surface area contributed by atoms with Crippen molar-refractivity contribution in [2.45, 2.75) is 31.5 Å². The molecule has 2 saturated heterocycles. The lowest BCUT2D eigenvalue weighted by Gasteiger charge is -2.22. The molecule has 2 amide bonds. The lowest BCUT2D eigenvalue weighted by molar-refractivity contribution is -0.137. The number of ether oxygens (including phenoxy) is 1. The van der Waals surface area contributed by atoms with E-state index in [0.29, 0.717) is 38.2 Å². The number of aryl methyl sites for hydroxylation is 1. The highest BCUT2D eigenvalue weighted by Crippen LogP contribution is 2.29. The van der Waals surface area contributed by atoms with Crippen LogP contribution in [0, 0.1) is 0 Å². The molecular formula is C17H19F3N2O3. The van der Waals surface area contributed by atoms with E-state index in [1.54, 1.807) is 9.80 Å². The molecule has 0 bridgehead atoms. The predicted molar refractivity (Wildman–Crippen MR) is 82.8 cm³/mol. The van der Waals surface area contributed by atoms with Crippen LogP contribution in [0.25, 0.3) is 0 Å². The number of halogens is 3. The molecule has 1 aromatic carbocycles. The number of hydrogen-bond donors (Lipinski definition) is 0. The van der Waals surface area contributed by atoms with Crippen molar-refractivity contribution in [1.29, 1.82) is 0 Å². The van der Waals surface area contributed by atoms with Gasteiger partial charge in [-0.2, -0.15) is 13.2 Å². The summed E-state index contributed by atoms with van der Waals surface area (Å²) in [6.07, 6.45) is -3.33. The minimum Gasteiger partial charge on any atom is -0.448 e. The molecule has 8 heteroatoms. The Kier molecular flexibility index (Phi) is 4.87. The van der Waals surface area contributed by atoms with E-state index in [1.807, 2.05) is 0 Å². The van der Waals surface area contributed by atoms with E-state index in [-0.39, 0.29) is 24.5 Å². The van der Waals surface area contributed by atoms with Crippen molar-refractivity contribution in [3.63, 3.8) is 0 Å². The maximum atomic E-state index is 12.5. The third kappa shape index (κ3) is 4.05. The van der Waals surface area contributed by atoms with Crippen molar-refractivity contribution >= 4 is 12.0 Å². The standard InChI is InChI=1S/C17H19F3N2O3/c18-17(19,20)13-4-1-12(2-5-13)3-6-15(23)21-8-7-14(11-21)22-9-10-25-16(22)24/h1-2,4-5,14H,3,6-11H2. The molecule has 2 aliphatic rings. The second-order valence-electron chi connectivity index (χ2n) is 6.28. The Morgan fingerprint density at radius 1 is 1.20 bits per heavy atom. The van der Waals surface area contributed by atoms with E-state index in [4.69, 9.17) is 4.74 Å². The van der Waals surface area contributed by atoms with Crippen LogP contribution >= 0.6 is 0 Å². The lowest BCUT2D eigenvalue weighted by atomic mass is 10.1.